The van der Waals surface area contributed by atoms with E-state index in [-0.39, 0.29) is 11.9 Å². The maximum absolute atomic E-state index is 12.9. The first-order chi connectivity index (χ1) is 12.8. The number of amides is 1. The summed E-state index contributed by atoms with van der Waals surface area (Å²) in [6.45, 7) is 2.82. The second-order valence-electron chi connectivity index (χ2n) is 7.35. The second-order valence-corrected chi connectivity index (χ2v) is 7.35. The molecule has 2 fully saturated rings. The Morgan fingerprint density at radius 3 is 2.35 bits per heavy atom. The van der Waals surface area contributed by atoms with Gasteiger partial charge in [0.25, 0.3) is 0 Å². The predicted molar refractivity (Wildman–Crippen MR) is 106 cm³/mol. The smallest absolute Gasteiger partial charge is 0.246 e. The molecular weight excluding hydrogens is 320 g/mol. The van der Waals surface area contributed by atoms with Crippen molar-refractivity contribution >= 4 is 12.0 Å². The zero-order chi connectivity index (χ0) is 17.8. The van der Waals surface area contributed by atoms with Crippen LogP contribution >= 0.6 is 0 Å². The van der Waals surface area contributed by atoms with Crippen molar-refractivity contribution in [3.05, 3.63) is 77.9 Å². The fourth-order valence-corrected chi connectivity index (χ4v) is 3.83. The van der Waals surface area contributed by atoms with E-state index in [4.69, 9.17) is 0 Å². The van der Waals surface area contributed by atoms with Gasteiger partial charge in [-0.25, -0.2) is 0 Å². The molecule has 1 saturated carbocycles. The van der Waals surface area contributed by atoms with Gasteiger partial charge in [0.15, 0.2) is 0 Å². The lowest BCUT2D eigenvalue weighted by Gasteiger charge is -2.41. The van der Waals surface area contributed by atoms with Gasteiger partial charge in [-0.1, -0.05) is 60.7 Å². The van der Waals surface area contributed by atoms with Crippen molar-refractivity contribution in [1.29, 1.82) is 0 Å². The summed E-state index contributed by atoms with van der Waals surface area (Å²) in [5.41, 5.74) is 2.37. The Labute approximate surface area is 155 Å². The van der Waals surface area contributed by atoms with E-state index in [1.54, 1.807) is 6.08 Å². The number of hydrogen-bond donors (Lipinski definition) is 0. The van der Waals surface area contributed by atoms with Gasteiger partial charge < -0.3 is 4.90 Å². The van der Waals surface area contributed by atoms with Crippen LogP contribution < -0.4 is 0 Å². The van der Waals surface area contributed by atoms with Crippen LogP contribution in [0.4, 0.5) is 0 Å². The number of nitrogens with zero attached hydrogens (tertiary/aromatic N) is 2. The minimum atomic E-state index is 0.130. The number of rotatable bonds is 5. The third-order valence-corrected chi connectivity index (χ3v) is 5.39. The van der Waals surface area contributed by atoms with E-state index in [0.717, 1.165) is 37.7 Å². The summed E-state index contributed by atoms with van der Waals surface area (Å²) in [6.07, 6.45) is 7.23. The number of benzene rings is 2. The van der Waals surface area contributed by atoms with Gasteiger partial charge in [0.05, 0.1) is 0 Å². The normalized spacial score (nSPS) is 21.2. The van der Waals surface area contributed by atoms with E-state index in [9.17, 15) is 4.79 Å². The van der Waals surface area contributed by atoms with Crippen molar-refractivity contribution in [2.75, 3.05) is 19.6 Å². The molecule has 0 bridgehead atoms. The highest BCUT2D eigenvalue weighted by atomic mass is 16.2. The first kappa shape index (κ1) is 17.0. The quantitative estimate of drug-likeness (QED) is 0.772. The summed E-state index contributed by atoms with van der Waals surface area (Å²) in [7, 11) is 0. The van der Waals surface area contributed by atoms with E-state index in [1.807, 2.05) is 42.5 Å². The summed E-state index contributed by atoms with van der Waals surface area (Å²) in [5, 5.41) is 0. The molecule has 3 nitrogen and oxygen atoms in total. The van der Waals surface area contributed by atoms with Gasteiger partial charge in [0.2, 0.25) is 5.91 Å². The van der Waals surface area contributed by atoms with Crippen molar-refractivity contribution < 1.29 is 4.79 Å². The molecular formula is C23H26N2O. The van der Waals surface area contributed by atoms with Crippen LogP contribution in [-0.4, -0.2) is 47.4 Å². The zero-order valence-corrected chi connectivity index (χ0v) is 15.1. The lowest BCUT2D eigenvalue weighted by molar-refractivity contribution is -0.130. The molecule has 1 atom stereocenters. The Bertz CT molecular complexity index is 752. The van der Waals surface area contributed by atoms with Gasteiger partial charge in [0, 0.05) is 37.8 Å². The van der Waals surface area contributed by atoms with E-state index in [1.165, 1.54) is 18.4 Å². The zero-order valence-electron chi connectivity index (χ0n) is 15.1. The number of piperazine rings is 1. The van der Waals surface area contributed by atoms with Crippen molar-refractivity contribution in [2.45, 2.75) is 31.3 Å². The molecule has 1 saturated heterocycles. The van der Waals surface area contributed by atoms with Crippen molar-refractivity contribution in [2.24, 2.45) is 0 Å². The summed E-state index contributed by atoms with van der Waals surface area (Å²) in [5.74, 6) is 0.130. The fraction of sp³-hybridized carbons (Fsp3) is 0.348. The summed E-state index contributed by atoms with van der Waals surface area (Å²) < 4.78 is 0. The summed E-state index contributed by atoms with van der Waals surface area (Å²) >= 11 is 0. The minimum absolute atomic E-state index is 0.130. The lowest BCUT2D eigenvalue weighted by atomic mass is 10.0. The molecule has 1 aliphatic carbocycles. The first-order valence-corrected chi connectivity index (χ1v) is 9.61. The van der Waals surface area contributed by atoms with E-state index in [0.29, 0.717) is 0 Å². The molecule has 2 aliphatic rings. The van der Waals surface area contributed by atoms with Crippen LogP contribution in [0.2, 0.25) is 0 Å². The molecule has 1 aliphatic heterocycles. The molecule has 2 aromatic rings. The van der Waals surface area contributed by atoms with Crippen LogP contribution in [0.1, 0.15) is 24.0 Å². The largest absolute Gasteiger partial charge is 0.333 e. The van der Waals surface area contributed by atoms with Gasteiger partial charge in [-0.05, 0) is 36.5 Å². The molecule has 0 radical (unpaired) electrons. The van der Waals surface area contributed by atoms with Crippen molar-refractivity contribution in [3.8, 4) is 0 Å². The molecule has 4 rings (SSSR count). The second kappa shape index (κ2) is 7.88. The molecule has 0 N–H and O–H groups in total. The predicted octanol–water partition coefficient (Wildman–Crippen LogP) is 3.62. The average molecular weight is 346 g/mol. The molecule has 0 spiro atoms. The third-order valence-electron chi connectivity index (χ3n) is 5.39. The van der Waals surface area contributed by atoms with E-state index >= 15 is 0 Å². The number of carbonyl (C=O) groups excluding carboxylic acids is 1. The van der Waals surface area contributed by atoms with Gasteiger partial charge in [-0.2, -0.15) is 0 Å². The monoisotopic (exact) mass is 346 g/mol. The lowest BCUT2D eigenvalue weighted by Crippen LogP contribution is -2.56. The maximum Gasteiger partial charge on any atom is 0.246 e. The van der Waals surface area contributed by atoms with Crippen LogP contribution in [-0.2, 0) is 11.2 Å². The molecule has 26 heavy (non-hydrogen) atoms. The van der Waals surface area contributed by atoms with Gasteiger partial charge >= 0.3 is 0 Å². The highest BCUT2D eigenvalue weighted by molar-refractivity contribution is 5.92. The first-order valence-electron chi connectivity index (χ1n) is 9.61. The Morgan fingerprint density at radius 2 is 1.65 bits per heavy atom. The Balaban J connectivity index is 1.48. The summed E-state index contributed by atoms with van der Waals surface area (Å²) in [6, 6.07) is 21.6. The Morgan fingerprint density at radius 1 is 0.962 bits per heavy atom. The SMILES string of the molecule is O=C(/C=C/c1ccccc1)N1CCN(C2CC2)CC1Cc1ccccc1. The van der Waals surface area contributed by atoms with Crippen molar-refractivity contribution in [3.63, 3.8) is 0 Å². The van der Waals surface area contributed by atoms with Crippen molar-refractivity contribution in [1.82, 2.24) is 9.80 Å². The topological polar surface area (TPSA) is 23.6 Å². The average Bonchev–Trinajstić information content (AvgIpc) is 3.53. The van der Waals surface area contributed by atoms with Crippen LogP contribution in [0, 0.1) is 0 Å². The highest BCUT2D eigenvalue weighted by Gasteiger charge is 2.36. The molecule has 1 heterocycles. The molecule has 1 amide bonds. The van der Waals surface area contributed by atoms with Crippen LogP contribution in [0.15, 0.2) is 66.7 Å². The summed E-state index contributed by atoms with van der Waals surface area (Å²) in [4.78, 5) is 17.5. The van der Waals surface area contributed by atoms with Gasteiger partial charge in [-0.3, -0.25) is 9.69 Å². The molecule has 0 aromatic heterocycles. The fourth-order valence-electron chi connectivity index (χ4n) is 3.83. The highest BCUT2D eigenvalue weighted by Crippen LogP contribution is 2.29. The standard InChI is InChI=1S/C23H26N2O/c26-23(14-11-19-7-3-1-4-8-19)25-16-15-24(21-12-13-21)18-22(25)17-20-9-5-2-6-10-20/h1-11,14,21-22H,12-13,15-18H2/b14-11+. The van der Waals surface area contributed by atoms with Crippen LogP contribution in [0.25, 0.3) is 6.08 Å². The van der Waals surface area contributed by atoms with Crippen LogP contribution in [0.5, 0.6) is 0 Å². The minimum Gasteiger partial charge on any atom is -0.333 e. The molecule has 3 heteroatoms. The molecule has 1 unspecified atom stereocenters. The van der Waals surface area contributed by atoms with E-state index < -0.39 is 0 Å². The van der Waals surface area contributed by atoms with E-state index in [2.05, 4.69) is 34.1 Å². The number of carbonyl (C=O) groups is 1. The molecule has 134 valence electrons. The van der Waals surface area contributed by atoms with Gasteiger partial charge in [-0.15, -0.1) is 0 Å². The molecule has 2 aromatic carbocycles. The Kier molecular flexibility index (Phi) is 5.16. The third kappa shape index (κ3) is 4.23. The Hall–Kier alpha value is -2.39. The maximum atomic E-state index is 12.9. The number of hydrogen-bond acceptors (Lipinski definition) is 2. The van der Waals surface area contributed by atoms with Crippen LogP contribution in [0.3, 0.4) is 0 Å². The van der Waals surface area contributed by atoms with Gasteiger partial charge in [0.1, 0.15) is 0 Å².